The van der Waals surface area contributed by atoms with Crippen LogP contribution in [0.5, 0.6) is 0 Å². The minimum absolute atomic E-state index is 0.108. The van der Waals surface area contributed by atoms with E-state index in [9.17, 15) is 23.5 Å². The van der Waals surface area contributed by atoms with Crippen molar-refractivity contribution in [3.05, 3.63) is 21.9 Å². The summed E-state index contributed by atoms with van der Waals surface area (Å²) in [6.07, 6.45) is -1.10. The first kappa shape index (κ1) is 21.2. The van der Waals surface area contributed by atoms with Crippen LogP contribution < -0.4 is 16.8 Å². The summed E-state index contributed by atoms with van der Waals surface area (Å²) in [7, 11) is 0. The van der Waals surface area contributed by atoms with Crippen molar-refractivity contribution < 1.29 is 28.2 Å². The lowest BCUT2D eigenvalue weighted by molar-refractivity contribution is -0.160. The third kappa shape index (κ3) is 5.19. The van der Waals surface area contributed by atoms with Gasteiger partial charge in [0.25, 0.3) is 0 Å². The number of amides is 2. The van der Waals surface area contributed by atoms with Gasteiger partial charge in [-0.1, -0.05) is 0 Å². The Bertz CT molecular complexity index is 702. The number of carbonyl (C=O) groups excluding carboxylic acids is 2. The van der Waals surface area contributed by atoms with E-state index in [0.717, 1.165) is 4.90 Å². The van der Waals surface area contributed by atoms with E-state index in [2.05, 4.69) is 10.1 Å². The van der Waals surface area contributed by atoms with Crippen molar-refractivity contribution in [3.8, 4) is 0 Å². The number of nitrogens with zero attached hydrogens (tertiary/aromatic N) is 1. The molecule has 0 unspecified atom stereocenters. The van der Waals surface area contributed by atoms with Crippen LogP contribution >= 0.6 is 11.3 Å². The molecule has 1 saturated heterocycles. The van der Waals surface area contributed by atoms with Gasteiger partial charge in [0.2, 0.25) is 11.8 Å². The maximum Gasteiger partial charge on any atom is 0.345 e. The fourth-order valence-corrected chi connectivity index (χ4v) is 3.79. The molecule has 1 aliphatic rings. The van der Waals surface area contributed by atoms with E-state index in [0.29, 0.717) is 10.4 Å². The highest BCUT2D eigenvalue weighted by Gasteiger charge is 2.41. The van der Waals surface area contributed by atoms with Crippen molar-refractivity contribution in [2.24, 2.45) is 11.5 Å². The zero-order valence-electron chi connectivity index (χ0n) is 14.2. The summed E-state index contributed by atoms with van der Waals surface area (Å²) < 4.78 is 29.4. The minimum atomic E-state index is -3.02. The lowest BCUT2D eigenvalue weighted by Crippen LogP contribution is -2.48. The van der Waals surface area contributed by atoms with Crippen LogP contribution in [-0.4, -0.2) is 66.1 Å². The third-order valence-electron chi connectivity index (χ3n) is 4.13. The summed E-state index contributed by atoms with van der Waals surface area (Å²) in [6.45, 7) is -4.00. The second-order valence-electron chi connectivity index (χ2n) is 5.92. The number of halogens is 2. The van der Waals surface area contributed by atoms with Gasteiger partial charge >= 0.3 is 6.61 Å². The molecule has 7 N–H and O–H groups in total. The largest absolute Gasteiger partial charge is 0.394 e. The van der Waals surface area contributed by atoms with Gasteiger partial charge in [-0.05, 0) is 6.07 Å². The monoisotopic (exact) mass is 405 g/mol. The van der Waals surface area contributed by atoms with Crippen molar-refractivity contribution in [2.75, 3.05) is 19.7 Å². The van der Waals surface area contributed by atoms with Gasteiger partial charge in [-0.2, -0.15) is 8.78 Å². The number of rotatable bonds is 8. The van der Waals surface area contributed by atoms with E-state index in [-0.39, 0.29) is 25.3 Å². The Balaban J connectivity index is 2.12. The molecule has 1 aliphatic heterocycles. The van der Waals surface area contributed by atoms with E-state index in [1.807, 2.05) is 0 Å². The summed E-state index contributed by atoms with van der Waals surface area (Å²) in [5, 5.41) is 21.2. The molecule has 0 aromatic carbocycles. The number of nitrogen functional groups attached to an aromatic ring is 1. The zero-order chi connectivity index (χ0) is 20.1. The van der Waals surface area contributed by atoms with E-state index in [1.54, 1.807) is 11.4 Å². The molecule has 0 spiro atoms. The van der Waals surface area contributed by atoms with Gasteiger partial charge in [-0.25, -0.2) is 0 Å². The van der Waals surface area contributed by atoms with Crippen LogP contribution in [0.2, 0.25) is 0 Å². The molecular formula is C15H21F2N5O4S. The average molecular weight is 405 g/mol. The van der Waals surface area contributed by atoms with Crippen LogP contribution in [0, 0.1) is 5.41 Å². The normalized spacial score (nSPS) is 20.7. The average Bonchev–Trinajstić information content (AvgIpc) is 3.25. The fraction of sp³-hybridized carbons (Fsp3) is 0.533. The smallest absolute Gasteiger partial charge is 0.345 e. The number of carbonyl (C=O) groups is 2. The summed E-state index contributed by atoms with van der Waals surface area (Å²) in [4.78, 5) is 26.3. The standard InChI is InChI=1S/C15H21F2N5O4S/c16-15(17)26-8-2-10(22(4-8)12(24)3-18)14(25)21-9(5-23)11-1-7(6-27-11)13(19)20/h1,6,8-10,15,23H,2-5,18H2,(H3,19,20)(H,21,25)/t8-,9-,10+/m1/s1. The van der Waals surface area contributed by atoms with Gasteiger partial charge < -0.3 is 31.5 Å². The molecule has 1 fully saturated rings. The number of alkyl halides is 2. The number of likely N-dealkylation sites (tertiary alicyclic amines) is 1. The lowest BCUT2D eigenvalue weighted by atomic mass is 10.1. The molecule has 0 bridgehead atoms. The van der Waals surface area contributed by atoms with Crippen LogP contribution in [0.1, 0.15) is 22.9 Å². The summed E-state index contributed by atoms with van der Waals surface area (Å²) in [5.41, 5.74) is 11.2. The molecule has 0 aliphatic carbocycles. The molecule has 2 amide bonds. The maximum atomic E-state index is 12.6. The Morgan fingerprint density at radius 2 is 2.22 bits per heavy atom. The second kappa shape index (κ2) is 9.17. The predicted molar refractivity (Wildman–Crippen MR) is 93.4 cm³/mol. The van der Waals surface area contributed by atoms with Crippen LogP contribution in [0.25, 0.3) is 0 Å². The highest BCUT2D eigenvalue weighted by molar-refractivity contribution is 7.10. The van der Waals surface area contributed by atoms with E-state index < -0.39 is 43.2 Å². The third-order valence-corrected chi connectivity index (χ3v) is 5.18. The quantitative estimate of drug-likeness (QED) is 0.286. The number of ether oxygens (including phenoxy) is 1. The zero-order valence-corrected chi connectivity index (χ0v) is 15.0. The fourth-order valence-electron chi connectivity index (χ4n) is 2.83. The number of nitrogens with two attached hydrogens (primary N) is 2. The molecular weight excluding hydrogens is 384 g/mol. The minimum Gasteiger partial charge on any atom is -0.394 e. The van der Waals surface area contributed by atoms with Gasteiger partial charge in [0.1, 0.15) is 11.9 Å². The molecule has 2 rings (SSSR count). The van der Waals surface area contributed by atoms with E-state index >= 15 is 0 Å². The maximum absolute atomic E-state index is 12.6. The van der Waals surface area contributed by atoms with Crippen molar-refractivity contribution >= 4 is 29.0 Å². The van der Waals surface area contributed by atoms with Crippen LogP contribution in [-0.2, 0) is 14.3 Å². The number of hydrogen-bond donors (Lipinski definition) is 5. The Hall–Kier alpha value is -2.15. The first-order valence-corrected chi connectivity index (χ1v) is 8.92. The molecule has 3 atom stereocenters. The molecule has 12 heteroatoms. The number of nitrogens with one attached hydrogen (secondary N) is 2. The predicted octanol–water partition coefficient (Wildman–Crippen LogP) is -0.651. The van der Waals surface area contributed by atoms with Crippen molar-refractivity contribution in [1.29, 1.82) is 5.41 Å². The van der Waals surface area contributed by atoms with Gasteiger partial charge in [-0.15, -0.1) is 11.3 Å². The molecule has 9 nitrogen and oxygen atoms in total. The Kier molecular flexibility index (Phi) is 7.18. The number of thiophene rings is 1. The van der Waals surface area contributed by atoms with Crippen LogP contribution in [0.15, 0.2) is 11.4 Å². The first-order chi connectivity index (χ1) is 12.8. The summed E-state index contributed by atoms with van der Waals surface area (Å²) in [6, 6.07) is -0.263. The number of amidine groups is 1. The van der Waals surface area contributed by atoms with Crippen LogP contribution in [0.4, 0.5) is 8.78 Å². The lowest BCUT2D eigenvalue weighted by Gasteiger charge is -2.25. The van der Waals surface area contributed by atoms with E-state index in [1.165, 1.54) is 11.3 Å². The molecule has 150 valence electrons. The molecule has 1 aromatic rings. The molecule has 2 heterocycles. The van der Waals surface area contributed by atoms with Gasteiger partial charge in [0.05, 0.1) is 25.3 Å². The first-order valence-electron chi connectivity index (χ1n) is 8.04. The molecule has 0 radical (unpaired) electrons. The van der Waals surface area contributed by atoms with Gasteiger partial charge in [-0.3, -0.25) is 15.0 Å². The van der Waals surface area contributed by atoms with Crippen molar-refractivity contribution in [2.45, 2.75) is 31.2 Å². The number of aliphatic hydroxyl groups is 1. The highest BCUT2D eigenvalue weighted by atomic mass is 32.1. The van der Waals surface area contributed by atoms with Crippen molar-refractivity contribution in [3.63, 3.8) is 0 Å². The Labute approximate surface area is 157 Å². The SMILES string of the molecule is N=C(N)c1csc([C@@H](CO)NC(=O)[C@@H]2C[C@@H](OC(F)F)CN2C(=O)CN)c1. The number of hydrogen-bond acceptors (Lipinski definition) is 7. The van der Waals surface area contributed by atoms with Gasteiger partial charge in [0.15, 0.2) is 0 Å². The highest BCUT2D eigenvalue weighted by Crippen LogP contribution is 2.25. The second-order valence-corrected chi connectivity index (χ2v) is 6.86. The van der Waals surface area contributed by atoms with Gasteiger partial charge in [0, 0.05) is 28.8 Å². The Morgan fingerprint density at radius 1 is 1.52 bits per heavy atom. The summed E-state index contributed by atoms with van der Waals surface area (Å²) in [5.74, 6) is -1.33. The summed E-state index contributed by atoms with van der Waals surface area (Å²) >= 11 is 1.20. The molecule has 0 saturated carbocycles. The molecule has 27 heavy (non-hydrogen) atoms. The number of aliphatic hydroxyl groups excluding tert-OH is 1. The van der Waals surface area contributed by atoms with Crippen molar-refractivity contribution in [1.82, 2.24) is 10.2 Å². The van der Waals surface area contributed by atoms with E-state index in [4.69, 9.17) is 16.9 Å². The molecule has 1 aromatic heterocycles. The Morgan fingerprint density at radius 3 is 2.74 bits per heavy atom. The topological polar surface area (TPSA) is 155 Å². The van der Waals surface area contributed by atoms with Crippen LogP contribution in [0.3, 0.4) is 0 Å².